The van der Waals surface area contributed by atoms with Crippen molar-refractivity contribution in [2.75, 3.05) is 38.6 Å². The lowest BCUT2D eigenvalue weighted by molar-refractivity contribution is -0.139. The van der Waals surface area contributed by atoms with E-state index in [-0.39, 0.29) is 24.4 Å². The molecule has 1 fully saturated rings. The van der Waals surface area contributed by atoms with E-state index < -0.39 is 0 Å². The predicted octanol–water partition coefficient (Wildman–Crippen LogP) is 1.12. The van der Waals surface area contributed by atoms with Gasteiger partial charge in [0, 0.05) is 18.3 Å². The Hall–Kier alpha value is -1.88. The first-order valence-corrected chi connectivity index (χ1v) is 7.19. The Kier molecular flexibility index (Phi) is 4.63. The van der Waals surface area contributed by atoms with Crippen molar-refractivity contribution in [3.8, 4) is 0 Å². The SMILES string of the molecule is Cc1cccc(N2C[C@@H](C)N(C(=O)CN(C)C)CC2=O)c1. The number of rotatable bonds is 3. The van der Waals surface area contributed by atoms with Crippen LogP contribution in [0.5, 0.6) is 0 Å². The number of hydrogen-bond donors (Lipinski definition) is 0. The summed E-state index contributed by atoms with van der Waals surface area (Å²) < 4.78 is 0. The van der Waals surface area contributed by atoms with Crippen LogP contribution < -0.4 is 4.90 Å². The van der Waals surface area contributed by atoms with Gasteiger partial charge in [0.1, 0.15) is 6.54 Å². The molecule has 2 amide bonds. The van der Waals surface area contributed by atoms with Crippen molar-refractivity contribution in [2.24, 2.45) is 0 Å². The summed E-state index contributed by atoms with van der Waals surface area (Å²) >= 11 is 0. The zero-order valence-electron chi connectivity index (χ0n) is 13.2. The number of anilines is 1. The molecule has 0 aromatic heterocycles. The normalized spacial score (nSPS) is 19.3. The molecule has 1 heterocycles. The molecule has 5 nitrogen and oxygen atoms in total. The molecule has 0 aliphatic carbocycles. The van der Waals surface area contributed by atoms with Gasteiger partial charge in [0.2, 0.25) is 11.8 Å². The second kappa shape index (κ2) is 6.26. The second-order valence-corrected chi connectivity index (χ2v) is 5.95. The van der Waals surface area contributed by atoms with Crippen molar-refractivity contribution in [2.45, 2.75) is 19.9 Å². The molecule has 0 radical (unpaired) electrons. The van der Waals surface area contributed by atoms with Gasteiger partial charge in [-0.05, 0) is 45.6 Å². The van der Waals surface area contributed by atoms with E-state index in [0.717, 1.165) is 11.3 Å². The number of amides is 2. The largest absolute Gasteiger partial charge is 0.328 e. The lowest BCUT2D eigenvalue weighted by atomic mass is 10.1. The lowest BCUT2D eigenvalue weighted by Crippen LogP contribution is -2.58. The van der Waals surface area contributed by atoms with Crippen molar-refractivity contribution >= 4 is 17.5 Å². The summed E-state index contributed by atoms with van der Waals surface area (Å²) in [7, 11) is 3.71. The van der Waals surface area contributed by atoms with Gasteiger partial charge in [-0.3, -0.25) is 9.59 Å². The Bertz CT molecular complexity index is 542. The van der Waals surface area contributed by atoms with Gasteiger partial charge >= 0.3 is 0 Å². The molecule has 0 saturated carbocycles. The van der Waals surface area contributed by atoms with E-state index >= 15 is 0 Å². The number of likely N-dealkylation sites (N-methyl/N-ethyl adjacent to an activating group) is 1. The number of nitrogens with zero attached hydrogens (tertiary/aromatic N) is 3. The van der Waals surface area contributed by atoms with Crippen LogP contribution in [0.4, 0.5) is 5.69 Å². The summed E-state index contributed by atoms with van der Waals surface area (Å²) in [6, 6.07) is 7.92. The Morgan fingerprint density at radius 3 is 2.71 bits per heavy atom. The average molecular weight is 289 g/mol. The quantitative estimate of drug-likeness (QED) is 0.837. The van der Waals surface area contributed by atoms with E-state index in [1.807, 2.05) is 57.1 Å². The molecule has 0 N–H and O–H groups in total. The fraction of sp³-hybridized carbons (Fsp3) is 0.500. The van der Waals surface area contributed by atoms with Gasteiger partial charge < -0.3 is 14.7 Å². The Balaban J connectivity index is 2.12. The van der Waals surface area contributed by atoms with Crippen molar-refractivity contribution in [1.82, 2.24) is 9.80 Å². The van der Waals surface area contributed by atoms with Crippen LogP contribution in [0, 0.1) is 6.92 Å². The van der Waals surface area contributed by atoms with Crippen molar-refractivity contribution in [3.63, 3.8) is 0 Å². The zero-order valence-corrected chi connectivity index (χ0v) is 13.2. The van der Waals surface area contributed by atoms with Gasteiger partial charge in [-0.1, -0.05) is 12.1 Å². The minimum Gasteiger partial charge on any atom is -0.328 e. The van der Waals surface area contributed by atoms with Crippen LogP contribution in [0.25, 0.3) is 0 Å². The molecule has 0 spiro atoms. The third-order valence-corrected chi connectivity index (χ3v) is 3.67. The highest BCUT2D eigenvalue weighted by Gasteiger charge is 2.33. The molecule has 21 heavy (non-hydrogen) atoms. The molecule has 2 rings (SSSR count). The smallest absolute Gasteiger partial charge is 0.246 e. The second-order valence-electron chi connectivity index (χ2n) is 5.95. The van der Waals surface area contributed by atoms with Gasteiger partial charge in [-0.2, -0.15) is 0 Å². The van der Waals surface area contributed by atoms with Crippen LogP contribution in [0.2, 0.25) is 0 Å². The molecule has 1 atom stereocenters. The number of piperazine rings is 1. The molecular formula is C16H23N3O2. The molecule has 0 unspecified atom stereocenters. The maximum Gasteiger partial charge on any atom is 0.246 e. The highest BCUT2D eigenvalue weighted by Crippen LogP contribution is 2.21. The molecule has 1 aliphatic rings. The van der Waals surface area contributed by atoms with Gasteiger partial charge in [-0.15, -0.1) is 0 Å². The summed E-state index contributed by atoms with van der Waals surface area (Å²) in [6.07, 6.45) is 0. The Labute approximate surface area is 126 Å². The summed E-state index contributed by atoms with van der Waals surface area (Å²) in [4.78, 5) is 29.8. The number of carbonyl (C=O) groups excluding carboxylic acids is 2. The summed E-state index contributed by atoms with van der Waals surface area (Å²) in [5.74, 6) is -0.0180. The van der Waals surface area contributed by atoms with E-state index in [0.29, 0.717) is 13.1 Å². The first kappa shape index (κ1) is 15.5. The van der Waals surface area contributed by atoms with Crippen molar-refractivity contribution in [1.29, 1.82) is 0 Å². The first-order chi connectivity index (χ1) is 9.88. The third kappa shape index (κ3) is 3.61. The highest BCUT2D eigenvalue weighted by atomic mass is 16.2. The van der Waals surface area contributed by atoms with Gasteiger partial charge in [0.05, 0.1) is 6.54 Å². The molecule has 114 valence electrons. The fourth-order valence-electron chi connectivity index (χ4n) is 2.59. The zero-order chi connectivity index (χ0) is 15.6. The van der Waals surface area contributed by atoms with Crippen LogP contribution in [0.3, 0.4) is 0 Å². The van der Waals surface area contributed by atoms with Crippen molar-refractivity contribution in [3.05, 3.63) is 29.8 Å². The van der Waals surface area contributed by atoms with Crippen molar-refractivity contribution < 1.29 is 9.59 Å². The predicted molar refractivity (Wildman–Crippen MR) is 83.3 cm³/mol. The van der Waals surface area contributed by atoms with Gasteiger partial charge in [-0.25, -0.2) is 0 Å². The number of hydrogen-bond acceptors (Lipinski definition) is 3. The first-order valence-electron chi connectivity index (χ1n) is 7.19. The van der Waals surface area contributed by atoms with Crippen LogP contribution in [-0.4, -0.2) is 61.4 Å². The number of benzene rings is 1. The molecular weight excluding hydrogens is 266 g/mol. The van der Waals surface area contributed by atoms with Crippen LogP contribution in [0.15, 0.2) is 24.3 Å². The van der Waals surface area contributed by atoms with Crippen LogP contribution in [-0.2, 0) is 9.59 Å². The lowest BCUT2D eigenvalue weighted by Gasteiger charge is -2.39. The van der Waals surface area contributed by atoms with Gasteiger partial charge in [0.25, 0.3) is 0 Å². The fourth-order valence-corrected chi connectivity index (χ4v) is 2.59. The molecule has 1 aliphatic heterocycles. The molecule has 1 aromatic carbocycles. The Morgan fingerprint density at radius 2 is 2.10 bits per heavy atom. The minimum absolute atomic E-state index is 0.00439. The van der Waals surface area contributed by atoms with E-state index in [4.69, 9.17) is 0 Å². The Morgan fingerprint density at radius 1 is 1.38 bits per heavy atom. The maximum atomic E-state index is 12.4. The van der Waals surface area contributed by atoms with E-state index in [1.54, 1.807) is 9.80 Å². The van der Waals surface area contributed by atoms with E-state index in [1.165, 1.54) is 0 Å². The topological polar surface area (TPSA) is 43.9 Å². The van der Waals surface area contributed by atoms with Crippen LogP contribution in [0.1, 0.15) is 12.5 Å². The highest BCUT2D eigenvalue weighted by molar-refractivity contribution is 5.98. The average Bonchev–Trinajstić information content (AvgIpc) is 2.40. The van der Waals surface area contributed by atoms with E-state index in [2.05, 4.69) is 0 Å². The third-order valence-electron chi connectivity index (χ3n) is 3.67. The van der Waals surface area contributed by atoms with Crippen LogP contribution >= 0.6 is 0 Å². The molecule has 0 bridgehead atoms. The molecule has 5 heteroatoms. The molecule has 1 aromatic rings. The standard InChI is InChI=1S/C16H23N3O2/c1-12-6-5-7-14(8-12)19-9-13(2)18(11-16(19)21)15(20)10-17(3)4/h5-8,13H,9-11H2,1-4H3/t13-/m1/s1. The summed E-state index contributed by atoms with van der Waals surface area (Å²) in [6.45, 7) is 5.03. The minimum atomic E-state index is -0.0224. The summed E-state index contributed by atoms with van der Waals surface area (Å²) in [5, 5.41) is 0. The number of carbonyl (C=O) groups is 2. The van der Waals surface area contributed by atoms with E-state index in [9.17, 15) is 9.59 Å². The maximum absolute atomic E-state index is 12.4. The summed E-state index contributed by atoms with van der Waals surface area (Å²) in [5.41, 5.74) is 2.03. The molecule has 1 saturated heterocycles. The monoisotopic (exact) mass is 289 g/mol. The van der Waals surface area contributed by atoms with Gasteiger partial charge in [0.15, 0.2) is 0 Å². The number of aryl methyl sites for hydroxylation is 1.